The molecule has 1 aromatic heterocycles. The number of nitrogens with zero attached hydrogens (tertiary/aromatic N) is 2. The molecule has 4 heteroatoms. The Labute approximate surface area is 453 Å². The van der Waals surface area contributed by atoms with Crippen LogP contribution in [0.4, 0.5) is 34.1 Å². The number of fused-ring (bicyclic) bond motifs is 17. The predicted molar refractivity (Wildman–Crippen MR) is 322 cm³/mol. The smallest absolute Gasteiger partial charge is 0.252 e. The molecule has 3 aliphatic heterocycles. The van der Waals surface area contributed by atoms with Crippen molar-refractivity contribution in [3.8, 4) is 0 Å². The zero-order valence-electron chi connectivity index (χ0n) is 48.0. The third-order valence-corrected chi connectivity index (χ3v) is 22.3. The molecule has 0 spiro atoms. The van der Waals surface area contributed by atoms with E-state index >= 15 is 0 Å². The van der Waals surface area contributed by atoms with E-state index in [0.29, 0.717) is 0 Å². The Hall–Kier alpha value is -6.00. The van der Waals surface area contributed by atoms with Crippen molar-refractivity contribution in [3.05, 3.63) is 170 Å². The molecule has 7 aliphatic rings. The highest BCUT2D eigenvalue weighted by atomic mass is 16.3. The van der Waals surface area contributed by atoms with Gasteiger partial charge in [0.1, 0.15) is 11.2 Å². The number of hydrogen-bond donors (Lipinski definition) is 0. The largest absolute Gasteiger partial charge is 0.456 e. The Morgan fingerprint density at radius 2 is 1.14 bits per heavy atom. The van der Waals surface area contributed by atoms with Crippen LogP contribution < -0.4 is 26.2 Å². The van der Waals surface area contributed by atoms with E-state index in [9.17, 15) is 0 Å². The molecule has 4 unspecified atom stereocenters. The summed E-state index contributed by atoms with van der Waals surface area (Å²) < 4.78 is 6.73. The highest BCUT2D eigenvalue weighted by Gasteiger charge is 2.60. The van der Waals surface area contributed by atoms with Crippen LogP contribution >= 0.6 is 0 Å². The monoisotopic (exact) mass is 997 g/mol. The number of aryl methyl sites for hydroxylation is 2. The van der Waals surface area contributed by atoms with Crippen molar-refractivity contribution in [2.45, 2.75) is 187 Å². The lowest BCUT2D eigenvalue weighted by atomic mass is 9.33. The molecule has 76 heavy (non-hydrogen) atoms. The molecular formula is C72H77BN2O. The van der Waals surface area contributed by atoms with Gasteiger partial charge in [-0.1, -0.05) is 157 Å². The van der Waals surface area contributed by atoms with E-state index in [0.717, 1.165) is 35.8 Å². The first-order valence-electron chi connectivity index (χ1n) is 29.3. The molecule has 0 saturated heterocycles. The standard InChI is InChI=1S/C72H77BN2O/c1-41-32-59-65-60(33-41)75-56-40-52-48(34-42(56)2)69(10,11)30-31-70(52,12)51-36-45-46(37-47(51)66(3,4)5)71(13)26-17-18-27-72(71,14)64(45)43-24-25-53(57(75)35-43)73(65)54-38-49-50(68(8,9)29-28-67(49,6)7)39-58(54)74(59)55-21-19-23-62-63(55)44-20-15-16-22-61(44)76-62/h15-16,19-25,32-40,64H,17-18,26-31H2,1-14H3. The van der Waals surface area contributed by atoms with Gasteiger partial charge in [-0.2, -0.15) is 0 Å². The van der Waals surface area contributed by atoms with Crippen molar-refractivity contribution >= 4 is 79.2 Å². The van der Waals surface area contributed by atoms with Crippen molar-refractivity contribution in [2.75, 3.05) is 9.80 Å². The lowest BCUT2D eigenvalue weighted by Gasteiger charge is -2.50. The van der Waals surface area contributed by atoms with E-state index in [1.807, 2.05) is 0 Å². The van der Waals surface area contributed by atoms with E-state index < -0.39 is 0 Å². The van der Waals surface area contributed by atoms with Crippen LogP contribution in [0.2, 0.25) is 0 Å². The second-order valence-electron chi connectivity index (χ2n) is 29.1. The van der Waals surface area contributed by atoms with Gasteiger partial charge in [-0.15, -0.1) is 0 Å². The Balaban J connectivity index is 1.10. The second-order valence-corrected chi connectivity index (χ2v) is 29.1. The quantitative estimate of drug-likeness (QED) is 0.153. The topological polar surface area (TPSA) is 19.6 Å². The Bertz CT molecular complexity index is 3910. The van der Waals surface area contributed by atoms with Gasteiger partial charge in [-0.25, -0.2) is 0 Å². The molecule has 384 valence electrons. The number of benzene rings is 7. The molecule has 8 aromatic rings. The summed E-state index contributed by atoms with van der Waals surface area (Å²) in [6.07, 6.45) is 9.67. The maximum absolute atomic E-state index is 6.73. The molecule has 0 amide bonds. The van der Waals surface area contributed by atoms with Gasteiger partial charge in [0.05, 0.1) is 11.1 Å². The van der Waals surface area contributed by atoms with Gasteiger partial charge in [0.25, 0.3) is 6.71 Å². The maximum Gasteiger partial charge on any atom is 0.252 e. The predicted octanol–water partition coefficient (Wildman–Crippen LogP) is 17.6. The van der Waals surface area contributed by atoms with Crippen LogP contribution in [0.3, 0.4) is 0 Å². The van der Waals surface area contributed by atoms with Gasteiger partial charge >= 0.3 is 0 Å². The summed E-state index contributed by atoms with van der Waals surface area (Å²) in [6.45, 7) is 35.3. The van der Waals surface area contributed by atoms with Crippen LogP contribution in [0.1, 0.15) is 202 Å². The summed E-state index contributed by atoms with van der Waals surface area (Å²) in [5.74, 6) is 0.276. The Kier molecular flexibility index (Phi) is 9.18. The zero-order chi connectivity index (χ0) is 52.8. The average molecular weight is 997 g/mol. The summed E-state index contributed by atoms with van der Waals surface area (Å²) in [5, 5.41) is 2.33. The number of hydrogen-bond acceptors (Lipinski definition) is 3. The minimum atomic E-state index is -0.188. The first-order chi connectivity index (χ1) is 35.9. The molecule has 4 heterocycles. The third-order valence-electron chi connectivity index (χ3n) is 22.3. The minimum absolute atomic E-state index is 0.0194. The number of furan rings is 1. The van der Waals surface area contributed by atoms with Crippen molar-refractivity contribution in [2.24, 2.45) is 5.41 Å². The molecule has 6 bridgehead atoms. The molecule has 0 N–H and O–H groups in total. The van der Waals surface area contributed by atoms with Crippen molar-refractivity contribution < 1.29 is 4.42 Å². The van der Waals surface area contributed by atoms with E-state index in [2.05, 4.69) is 216 Å². The lowest BCUT2D eigenvalue weighted by molar-refractivity contribution is 0.0923. The van der Waals surface area contributed by atoms with E-state index in [1.54, 1.807) is 22.3 Å². The lowest BCUT2D eigenvalue weighted by Crippen LogP contribution is -2.62. The number of anilines is 6. The van der Waals surface area contributed by atoms with E-state index in [-0.39, 0.29) is 50.5 Å². The van der Waals surface area contributed by atoms with Crippen molar-refractivity contribution in [3.63, 3.8) is 0 Å². The number of para-hydroxylation sites is 1. The molecule has 15 rings (SSSR count). The fraction of sp³-hybridized carbons (Fsp3) is 0.417. The molecule has 1 saturated carbocycles. The van der Waals surface area contributed by atoms with E-state index in [1.165, 1.54) is 127 Å². The zero-order valence-corrected chi connectivity index (χ0v) is 48.0. The molecule has 4 aliphatic carbocycles. The fourth-order valence-electron chi connectivity index (χ4n) is 17.7. The molecule has 0 radical (unpaired) electrons. The molecule has 7 aromatic carbocycles. The molecule has 4 atom stereocenters. The van der Waals surface area contributed by atoms with Crippen LogP contribution in [-0.2, 0) is 32.5 Å². The Morgan fingerprint density at radius 3 is 1.88 bits per heavy atom. The summed E-state index contributed by atoms with van der Waals surface area (Å²) in [6, 6.07) is 44.8. The van der Waals surface area contributed by atoms with Gasteiger partial charge < -0.3 is 14.2 Å². The highest BCUT2D eigenvalue weighted by molar-refractivity contribution is 7.00. The highest BCUT2D eigenvalue weighted by Crippen LogP contribution is 2.69. The molecule has 3 nitrogen and oxygen atoms in total. The summed E-state index contributed by atoms with van der Waals surface area (Å²) in [4.78, 5) is 5.47. The molecular weight excluding hydrogens is 920 g/mol. The van der Waals surface area contributed by atoms with Gasteiger partial charge in [0.15, 0.2) is 0 Å². The summed E-state index contributed by atoms with van der Waals surface area (Å²) in [7, 11) is 0. The normalized spacial score (nSPS) is 25.6. The SMILES string of the molecule is Cc1cc2c3c(c1)N(c1cccc4oc5ccccc5c14)c1cc4c(cc1B3c1ccc3cc1N2c1cc2c(cc1C)C(C)(C)CCC2(C)c1cc2c(cc1C(C)(C)C)C1(C)CCCCC1(C)C32)C(C)(C)CCC4(C)C. The average Bonchev–Trinajstić information content (AvgIpc) is 3.48. The van der Waals surface area contributed by atoms with E-state index in [4.69, 9.17) is 4.42 Å². The van der Waals surface area contributed by atoms with Gasteiger partial charge in [-0.3, -0.25) is 0 Å². The second kappa shape index (κ2) is 14.8. The van der Waals surface area contributed by atoms with Crippen LogP contribution in [0.25, 0.3) is 21.9 Å². The summed E-state index contributed by atoms with van der Waals surface area (Å²) in [5.41, 5.74) is 30.3. The van der Waals surface area contributed by atoms with Crippen molar-refractivity contribution in [1.82, 2.24) is 0 Å². The van der Waals surface area contributed by atoms with Crippen LogP contribution in [0, 0.1) is 19.3 Å². The minimum Gasteiger partial charge on any atom is -0.456 e. The van der Waals surface area contributed by atoms with Crippen LogP contribution in [0.5, 0.6) is 0 Å². The first kappa shape index (κ1) is 47.2. The Morgan fingerprint density at radius 1 is 0.513 bits per heavy atom. The summed E-state index contributed by atoms with van der Waals surface area (Å²) >= 11 is 0. The number of rotatable bonds is 1. The molecule has 1 fully saturated rings. The van der Waals surface area contributed by atoms with Gasteiger partial charge in [-0.05, 0) is 211 Å². The van der Waals surface area contributed by atoms with Crippen molar-refractivity contribution in [1.29, 1.82) is 0 Å². The maximum atomic E-state index is 6.73. The van der Waals surface area contributed by atoms with Crippen LogP contribution in [0.15, 0.2) is 114 Å². The third kappa shape index (κ3) is 5.87. The fourth-order valence-corrected chi connectivity index (χ4v) is 17.7. The van der Waals surface area contributed by atoms with Gasteiger partial charge in [0, 0.05) is 45.2 Å². The van der Waals surface area contributed by atoms with Gasteiger partial charge in [0.2, 0.25) is 0 Å². The van der Waals surface area contributed by atoms with Crippen LogP contribution in [-0.4, -0.2) is 6.71 Å². The first-order valence-corrected chi connectivity index (χ1v) is 29.3.